The smallest absolute Gasteiger partial charge is 0.289 e. The zero-order valence-corrected chi connectivity index (χ0v) is 16.4. The van der Waals surface area contributed by atoms with Gasteiger partial charge in [0.15, 0.2) is 5.60 Å². The van der Waals surface area contributed by atoms with E-state index in [9.17, 15) is 9.59 Å². The number of rotatable bonds is 3. The molecule has 0 spiro atoms. The molecule has 0 aromatic heterocycles. The lowest BCUT2D eigenvalue weighted by molar-refractivity contribution is -0.130. The molecule has 0 saturated heterocycles. The highest BCUT2D eigenvalue weighted by Crippen LogP contribution is 2.30. The highest BCUT2D eigenvalue weighted by atomic mass is 35.5. The second-order valence-electron chi connectivity index (χ2n) is 7.11. The maximum atomic E-state index is 12.6. The van der Waals surface area contributed by atoms with Crippen LogP contribution in [0, 0.1) is 5.92 Å². The monoisotopic (exact) mass is 384 g/mol. The van der Waals surface area contributed by atoms with Crippen LogP contribution in [0.5, 0.6) is 5.75 Å². The van der Waals surface area contributed by atoms with Crippen LogP contribution < -0.4 is 10.1 Å². The predicted molar refractivity (Wildman–Crippen MR) is 106 cm³/mol. The van der Waals surface area contributed by atoms with E-state index >= 15 is 0 Å². The van der Waals surface area contributed by atoms with Crippen LogP contribution in [0.1, 0.15) is 27.7 Å². The van der Waals surface area contributed by atoms with E-state index in [-0.39, 0.29) is 11.8 Å². The molecule has 140 valence electrons. The maximum Gasteiger partial charge on any atom is 0.289 e. The molecule has 1 aliphatic carbocycles. The van der Waals surface area contributed by atoms with E-state index in [1.54, 1.807) is 57.2 Å². The number of nitrogens with one attached hydrogen (secondary N) is 1. The third-order valence-electron chi connectivity index (χ3n) is 4.69. The Kier molecular flexibility index (Phi) is 5.07. The summed E-state index contributed by atoms with van der Waals surface area (Å²) in [6.45, 7) is 7.07. The Morgan fingerprint density at radius 3 is 2.56 bits per heavy atom. The van der Waals surface area contributed by atoms with Crippen molar-refractivity contribution in [3.8, 4) is 5.75 Å². The van der Waals surface area contributed by atoms with Crippen LogP contribution in [0.15, 0.2) is 64.3 Å². The number of carbonyl (C=O) groups excluding carboxylic acids is 2. The van der Waals surface area contributed by atoms with Crippen molar-refractivity contribution in [1.82, 2.24) is 5.32 Å². The lowest BCUT2D eigenvalue weighted by atomic mass is 9.85. The molecular formula is C21H21ClN2O3. The second kappa shape index (κ2) is 7.16. The van der Waals surface area contributed by atoms with Gasteiger partial charge in [-0.2, -0.15) is 0 Å². The number of nitrogens with zero attached hydrogens (tertiary/aromatic N) is 1. The van der Waals surface area contributed by atoms with Gasteiger partial charge in [0, 0.05) is 22.2 Å². The van der Waals surface area contributed by atoms with Crippen molar-refractivity contribution in [2.24, 2.45) is 10.9 Å². The lowest BCUT2D eigenvalue weighted by Gasteiger charge is -2.28. The van der Waals surface area contributed by atoms with Crippen LogP contribution in [0.4, 0.5) is 0 Å². The molecule has 0 bridgehead atoms. The molecule has 0 radical (unpaired) electrons. The fourth-order valence-electron chi connectivity index (χ4n) is 2.89. The molecule has 1 heterocycles. The minimum atomic E-state index is -1.15. The average Bonchev–Trinajstić information content (AvgIpc) is 2.61. The van der Waals surface area contributed by atoms with Crippen LogP contribution >= 0.6 is 11.6 Å². The van der Waals surface area contributed by atoms with E-state index in [0.717, 1.165) is 16.8 Å². The zero-order valence-electron chi connectivity index (χ0n) is 15.7. The molecule has 0 fully saturated rings. The summed E-state index contributed by atoms with van der Waals surface area (Å²) in [5, 5.41) is 3.45. The van der Waals surface area contributed by atoms with Gasteiger partial charge < -0.3 is 10.1 Å². The number of halogens is 1. The van der Waals surface area contributed by atoms with E-state index in [0.29, 0.717) is 16.5 Å². The summed E-state index contributed by atoms with van der Waals surface area (Å²) >= 11 is 5.87. The van der Waals surface area contributed by atoms with E-state index in [1.807, 2.05) is 13.0 Å². The molecule has 5 nitrogen and oxygen atoms in total. The van der Waals surface area contributed by atoms with Crippen molar-refractivity contribution in [3.05, 3.63) is 64.4 Å². The van der Waals surface area contributed by atoms with Gasteiger partial charge in [0.25, 0.3) is 11.8 Å². The fourth-order valence-corrected chi connectivity index (χ4v) is 3.01. The highest BCUT2D eigenvalue weighted by Gasteiger charge is 2.31. The number of allylic oxidation sites excluding steroid dienone is 3. The molecule has 27 heavy (non-hydrogen) atoms. The third kappa shape index (κ3) is 4.03. The number of aliphatic imine (C=N–C) groups is 1. The van der Waals surface area contributed by atoms with Gasteiger partial charge in [-0.1, -0.05) is 23.3 Å². The zero-order chi connectivity index (χ0) is 19.8. The van der Waals surface area contributed by atoms with Gasteiger partial charge >= 0.3 is 0 Å². The molecule has 3 rings (SSSR count). The first-order valence-corrected chi connectivity index (χ1v) is 9.01. The molecule has 2 aliphatic rings. The summed E-state index contributed by atoms with van der Waals surface area (Å²) in [7, 11) is 0. The summed E-state index contributed by atoms with van der Waals surface area (Å²) in [5.41, 5.74) is 1.78. The van der Waals surface area contributed by atoms with Crippen molar-refractivity contribution >= 4 is 29.1 Å². The lowest BCUT2D eigenvalue weighted by Crippen LogP contribution is -2.38. The minimum Gasteiger partial charge on any atom is -0.478 e. The molecule has 1 atom stereocenters. The Hall–Kier alpha value is -2.66. The summed E-state index contributed by atoms with van der Waals surface area (Å²) in [5.74, 6) is 0.00164. The Labute approximate surface area is 163 Å². The minimum absolute atomic E-state index is 0.00933. The summed E-state index contributed by atoms with van der Waals surface area (Å²) in [6.07, 6.45) is 5.46. The van der Waals surface area contributed by atoms with E-state index in [4.69, 9.17) is 16.3 Å². The van der Waals surface area contributed by atoms with E-state index in [2.05, 4.69) is 10.3 Å². The van der Waals surface area contributed by atoms with E-state index in [1.165, 1.54) is 0 Å². The normalized spacial score (nSPS) is 20.9. The van der Waals surface area contributed by atoms with Gasteiger partial charge in [0.2, 0.25) is 0 Å². The van der Waals surface area contributed by atoms with Crippen molar-refractivity contribution in [1.29, 1.82) is 0 Å². The SMILES string of the molecule is CC1=C(C)C2C=CC(=NC(=O)C(C)(C)Oc3ccc(Cl)cc3)C=C2NC1=O. The van der Waals surface area contributed by atoms with Crippen LogP contribution in [0.2, 0.25) is 5.02 Å². The maximum absolute atomic E-state index is 12.6. The molecule has 1 aromatic carbocycles. The number of amides is 2. The largest absolute Gasteiger partial charge is 0.478 e. The van der Waals surface area contributed by atoms with Crippen molar-refractivity contribution < 1.29 is 14.3 Å². The molecular weight excluding hydrogens is 364 g/mol. The second-order valence-corrected chi connectivity index (χ2v) is 7.54. The van der Waals surface area contributed by atoms with Crippen LogP contribution in [0.25, 0.3) is 0 Å². The van der Waals surface area contributed by atoms with Gasteiger partial charge in [0.1, 0.15) is 5.75 Å². The topological polar surface area (TPSA) is 67.8 Å². The van der Waals surface area contributed by atoms with Crippen molar-refractivity contribution in [3.63, 3.8) is 0 Å². The number of fused-ring (bicyclic) bond motifs is 1. The number of hydrogen-bond donors (Lipinski definition) is 1. The Bertz CT molecular complexity index is 921. The quantitative estimate of drug-likeness (QED) is 0.856. The van der Waals surface area contributed by atoms with Gasteiger partial charge in [-0.05, 0) is 64.1 Å². The third-order valence-corrected chi connectivity index (χ3v) is 4.94. The van der Waals surface area contributed by atoms with Crippen LogP contribution in [0.3, 0.4) is 0 Å². The standard InChI is InChI=1S/C21H21ClN2O3/c1-12-13(2)19(25)24-18-11-15(7-10-17(12)18)23-20(26)21(3,4)27-16-8-5-14(22)6-9-16/h5-11,17H,1-4H3,(H,24,25). The number of hydrogen-bond acceptors (Lipinski definition) is 3. The van der Waals surface area contributed by atoms with Gasteiger partial charge in [-0.3, -0.25) is 9.59 Å². The molecule has 1 N–H and O–H groups in total. The average molecular weight is 385 g/mol. The summed E-state index contributed by atoms with van der Waals surface area (Å²) in [4.78, 5) is 28.8. The number of carbonyl (C=O) groups is 2. The summed E-state index contributed by atoms with van der Waals surface area (Å²) < 4.78 is 5.78. The molecule has 1 aliphatic heterocycles. The Balaban J connectivity index is 1.79. The number of ether oxygens (including phenoxy) is 1. The number of benzene rings is 1. The van der Waals surface area contributed by atoms with E-state index < -0.39 is 11.5 Å². The fraction of sp³-hybridized carbons (Fsp3) is 0.286. The predicted octanol–water partition coefficient (Wildman–Crippen LogP) is 4.00. The first-order valence-electron chi connectivity index (χ1n) is 8.63. The van der Waals surface area contributed by atoms with Crippen LogP contribution in [-0.4, -0.2) is 23.1 Å². The first-order chi connectivity index (χ1) is 12.7. The molecule has 1 aromatic rings. The van der Waals surface area contributed by atoms with Gasteiger partial charge in [-0.25, -0.2) is 4.99 Å². The molecule has 0 saturated carbocycles. The van der Waals surface area contributed by atoms with Crippen molar-refractivity contribution in [2.75, 3.05) is 0 Å². The molecule has 1 unspecified atom stereocenters. The first kappa shape index (κ1) is 19.1. The summed E-state index contributed by atoms with van der Waals surface area (Å²) in [6, 6.07) is 6.79. The highest BCUT2D eigenvalue weighted by molar-refractivity contribution is 6.30. The van der Waals surface area contributed by atoms with Gasteiger partial charge in [-0.15, -0.1) is 0 Å². The Morgan fingerprint density at radius 1 is 1.22 bits per heavy atom. The molecule has 2 amide bonds. The Morgan fingerprint density at radius 2 is 1.89 bits per heavy atom. The van der Waals surface area contributed by atoms with Gasteiger partial charge in [0.05, 0.1) is 5.71 Å². The van der Waals surface area contributed by atoms with Crippen molar-refractivity contribution in [2.45, 2.75) is 33.3 Å². The molecule has 6 heteroatoms. The van der Waals surface area contributed by atoms with Crippen LogP contribution in [-0.2, 0) is 9.59 Å².